The minimum absolute atomic E-state index is 0. The van der Waals surface area contributed by atoms with Gasteiger partial charge in [0, 0.05) is 0 Å². The van der Waals surface area contributed by atoms with Crippen molar-refractivity contribution >= 4 is 104 Å². The number of rotatable bonds is 7. The molecule has 0 saturated heterocycles. The third-order valence-corrected chi connectivity index (χ3v) is 7.18. The third-order valence-electron chi connectivity index (χ3n) is 5.45. The molecule has 0 amide bonds. The molecule has 0 aliphatic rings. The first-order chi connectivity index (χ1) is 17.1. The van der Waals surface area contributed by atoms with Gasteiger partial charge in [0.1, 0.15) is 0 Å². The monoisotopic (exact) mass is 566 g/mol. The van der Waals surface area contributed by atoms with E-state index in [1.165, 1.54) is 24.3 Å². The maximum atomic E-state index is 11.1. The summed E-state index contributed by atoms with van der Waals surface area (Å²) in [5, 5.41) is 0. The fourth-order valence-corrected chi connectivity index (χ4v) is 4.42. The molecule has 0 unspecified atom stereocenters. The van der Waals surface area contributed by atoms with Crippen molar-refractivity contribution in [1.29, 1.82) is 0 Å². The second-order valence-corrected chi connectivity index (χ2v) is 10.8. The molecule has 4 aromatic carbocycles. The first-order valence-electron chi connectivity index (χ1n) is 10.8. The van der Waals surface area contributed by atoms with Crippen molar-refractivity contribution in [1.82, 2.24) is 0 Å². The van der Waals surface area contributed by atoms with E-state index in [1.54, 1.807) is 24.3 Å². The average molecular weight is 567 g/mol. The summed E-state index contributed by atoms with van der Waals surface area (Å²) >= 11 is 0. The Hall–Kier alpha value is -1.82. The fourth-order valence-electron chi connectivity index (χ4n) is 3.46. The van der Waals surface area contributed by atoms with E-state index < -0.39 is 20.2 Å². The van der Waals surface area contributed by atoms with Gasteiger partial charge in [-0.2, -0.15) is 16.8 Å². The second kappa shape index (κ2) is 14.0. The molecular weight excluding hydrogens is 542 g/mol. The van der Waals surface area contributed by atoms with E-state index in [-0.39, 0.29) is 68.9 Å². The van der Waals surface area contributed by atoms with Gasteiger partial charge >= 0.3 is 59.1 Å². The summed E-state index contributed by atoms with van der Waals surface area (Å²) in [6.07, 6.45) is 7.56. The summed E-state index contributed by atoms with van der Waals surface area (Å²) < 4.78 is 62.6. The summed E-state index contributed by atoms with van der Waals surface area (Å²) in [6.45, 7) is 0. The van der Waals surface area contributed by atoms with Crippen molar-refractivity contribution in [2.45, 2.75) is 9.79 Å². The molecule has 0 heterocycles. The van der Waals surface area contributed by atoms with Gasteiger partial charge in [0.05, 0.1) is 9.79 Å². The number of hydrogen-bond donors (Lipinski definition) is 2. The summed E-state index contributed by atoms with van der Waals surface area (Å²) in [6, 6.07) is 27.9. The van der Waals surface area contributed by atoms with Gasteiger partial charge in [-0.25, -0.2) is 0 Å². The van der Waals surface area contributed by atoms with Gasteiger partial charge in [0.15, 0.2) is 0 Å². The van der Waals surface area contributed by atoms with E-state index >= 15 is 0 Å². The molecule has 2 N–H and O–H groups in total. The van der Waals surface area contributed by atoms with Crippen LogP contribution >= 0.6 is 0 Å². The molecule has 0 aromatic heterocycles. The van der Waals surface area contributed by atoms with Crippen LogP contribution in [0.1, 0.15) is 22.3 Å². The van der Waals surface area contributed by atoms with Gasteiger partial charge in [0.25, 0.3) is 20.2 Å². The molecule has 0 bridgehead atoms. The first-order valence-corrected chi connectivity index (χ1v) is 13.7. The second-order valence-electron chi connectivity index (χ2n) is 8.00. The van der Waals surface area contributed by atoms with Crippen LogP contribution in [0.4, 0.5) is 0 Å². The number of hydrogen-bond acceptors (Lipinski definition) is 4. The Bertz CT molecular complexity index is 1500. The predicted molar refractivity (Wildman–Crippen MR) is 157 cm³/mol. The van der Waals surface area contributed by atoms with Crippen LogP contribution < -0.4 is 0 Å². The van der Waals surface area contributed by atoms with Crippen molar-refractivity contribution in [3.05, 3.63) is 119 Å². The van der Waals surface area contributed by atoms with Crippen molar-refractivity contribution in [2.75, 3.05) is 0 Å². The van der Waals surface area contributed by atoms with Gasteiger partial charge in [-0.15, -0.1) is 0 Å². The summed E-state index contributed by atoms with van der Waals surface area (Å²) in [5.41, 5.74) is 5.70. The van der Waals surface area contributed by atoms with Crippen LogP contribution in [-0.4, -0.2) is 85.1 Å². The van der Waals surface area contributed by atoms with Crippen LogP contribution in [0.2, 0.25) is 0 Å². The molecule has 4 rings (SSSR count). The third kappa shape index (κ3) is 9.14. The molecule has 0 saturated carbocycles. The normalized spacial score (nSPS) is 11.7. The summed E-state index contributed by atoms with van der Waals surface area (Å²) in [5.74, 6) is 0. The molecule has 0 fully saturated rings. The quantitative estimate of drug-likeness (QED) is 0.187. The molecule has 4 aromatic rings. The van der Waals surface area contributed by atoms with E-state index in [9.17, 15) is 16.8 Å². The minimum atomic E-state index is -4.20. The van der Waals surface area contributed by atoms with Crippen molar-refractivity contribution in [3.8, 4) is 11.1 Å². The molecule has 10 heteroatoms. The van der Waals surface area contributed by atoms with E-state index in [0.717, 1.165) is 33.4 Å². The Morgan fingerprint density at radius 1 is 0.395 bits per heavy atom. The molecule has 0 spiro atoms. The Balaban J connectivity index is 0.00000253. The zero-order valence-corrected chi connectivity index (χ0v) is 20.5. The van der Waals surface area contributed by atoms with Gasteiger partial charge in [-0.05, 0) is 57.6 Å². The molecule has 38 heavy (non-hydrogen) atoms. The standard InChI is InChI=1S/C28H22O6S2.2Na.2H/c29-35(30,31)27-17-9-23(10-18-27)3-1-21-5-13-25(14-6-21)26-15-7-22(8-16-26)2-4-24-11-19-28(20-12-24)36(32,33)34;;;;/h1-20H,(H,29,30,31)(H,32,33,34);;;;. The summed E-state index contributed by atoms with van der Waals surface area (Å²) in [7, 11) is -8.39. The Morgan fingerprint density at radius 2 is 0.605 bits per heavy atom. The van der Waals surface area contributed by atoms with Crippen LogP contribution in [0.15, 0.2) is 107 Å². The topological polar surface area (TPSA) is 109 Å². The van der Waals surface area contributed by atoms with Crippen LogP contribution in [-0.2, 0) is 20.2 Å². The SMILES string of the molecule is O=S(=O)(O)c1ccc(C=Cc2ccc(-c3ccc(C=Cc4ccc(S(=O)(=O)O)cc4)cc3)cc2)cc1.[NaH].[NaH]. The summed E-state index contributed by atoms with van der Waals surface area (Å²) in [4.78, 5) is -0.278. The van der Waals surface area contributed by atoms with Gasteiger partial charge in [0.2, 0.25) is 0 Å². The first kappa shape index (κ1) is 32.4. The molecule has 0 radical (unpaired) electrons. The van der Waals surface area contributed by atoms with Crippen molar-refractivity contribution in [3.63, 3.8) is 0 Å². The molecule has 6 nitrogen and oxygen atoms in total. The zero-order chi connectivity index (χ0) is 25.8. The van der Waals surface area contributed by atoms with E-state index in [4.69, 9.17) is 9.11 Å². The van der Waals surface area contributed by atoms with Gasteiger partial charge < -0.3 is 0 Å². The average Bonchev–Trinajstić information content (AvgIpc) is 2.86. The maximum absolute atomic E-state index is 11.1. The van der Waals surface area contributed by atoms with Gasteiger partial charge in [-0.1, -0.05) is 97.1 Å². The van der Waals surface area contributed by atoms with Crippen LogP contribution in [0, 0.1) is 0 Å². The fraction of sp³-hybridized carbons (Fsp3) is 0. The molecular formula is C28H24Na2O6S2. The van der Waals surface area contributed by atoms with Crippen LogP contribution in [0.25, 0.3) is 35.4 Å². The van der Waals surface area contributed by atoms with Crippen molar-refractivity contribution < 1.29 is 25.9 Å². The number of benzene rings is 4. The van der Waals surface area contributed by atoms with E-state index in [1.807, 2.05) is 72.8 Å². The van der Waals surface area contributed by atoms with E-state index in [0.29, 0.717) is 0 Å². The van der Waals surface area contributed by atoms with Crippen LogP contribution in [0.3, 0.4) is 0 Å². The Labute approximate surface area is 267 Å². The zero-order valence-electron chi connectivity index (χ0n) is 18.9. The van der Waals surface area contributed by atoms with E-state index in [2.05, 4.69) is 0 Å². The van der Waals surface area contributed by atoms with Gasteiger partial charge in [-0.3, -0.25) is 9.11 Å². The molecule has 0 aliphatic carbocycles. The molecule has 0 aliphatic heterocycles. The van der Waals surface area contributed by atoms with Crippen molar-refractivity contribution in [2.24, 2.45) is 0 Å². The molecule has 0 atom stereocenters. The predicted octanol–water partition coefficient (Wildman–Crippen LogP) is 4.89. The molecule has 186 valence electrons. The Kier molecular flexibility index (Phi) is 11.9. The Morgan fingerprint density at radius 3 is 0.816 bits per heavy atom. The van der Waals surface area contributed by atoms with Crippen LogP contribution in [0.5, 0.6) is 0 Å².